The van der Waals surface area contributed by atoms with Gasteiger partial charge in [-0.25, -0.2) is 4.98 Å². The van der Waals surface area contributed by atoms with Gasteiger partial charge in [0.2, 0.25) is 0 Å². The molecule has 1 aliphatic rings. The summed E-state index contributed by atoms with van der Waals surface area (Å²) in [5.41, 5.74) is 5.09. The number of aromatic nitrogens is 3. The smallest absolute Gasteiger partial charge is 0.255 e. The molecule has 5 heteroatoms. The van der Waals surface area contributed by atoms with E-state index in [0.29, 0.717) is 11.4 Å². The summed E-state index contributed by atoms with van der Waals surface area (Å²) in [6, 6.07) is 13.6. The van der Waals surface area contributed by atoms with Crippen LogP contribution in [0.2, 0.25) is 0 Å². The lowest BCUT2D eigenvalue weighted by molar-refractivity contribution is 0.102. The van der Waals surface area contributed by atoms with Gasteiger partial charge < -0.3 is 5.32 Å². The van der Waals surface area contributed by atoms with Crippen LogP contribution >= 0.6 is 0 Å². The quantitative estimate of drug-likeness (QED) is 0.764. The second-order valence-corrected chi connectivity index (χ2v) is 6.47. The number of aromatic amines is 1. The summed E-state index contributed by atoms with van der Waals surface area (Å²) in [6.07, 6.45) is 4.65. The lowest BCUT2D eigenvalue weighted by Crippen LogP contribution is -2.13. The fourth-order valence-corrected chi connectivity index (χ4v) is 3.25. The third kappa shape index (κ3) is 3.31. The monoisotopic (exact) mass is 332 g/mol. The van der Waals surface area contributed by atoms with Gasteiger partial charge in [0, 0.05) is 16.8 Å². The van der Waals surface area contributed by atoms with E-state index in [4.69, 9.17) is 0 Å². The predicted molar refractivity (Wildman–Crippen MR) is 97.6 cm³/mol. The highest BCUT2D eigenvalue weighted by molar-refractivity contribution is 6.04. The number of anilines is 1. The highest BCUT2D eigenvalue weighted by Crippen LogP contribution is 2.23. The first kappa shape index (κ1) is 15.6. The van der Waals surface area contributed by atoms with Crippen molar-refractivity contribution in [3.05, 3.63) is 65.0 Å². The number of hydrogen-bond donors (Lipinski definition) is 2. The molecule has 5 nitrogen and oxygen atoms in total. The summed E-state index contributed by atoms with van der Waals surface area (Å²) in [4.78, 5) is 16.8. The van der Waals surface area contributed by atoms with E-state index >= 15 is 0 Å². The first-order valence-corrected chi connectivity index (χ1v) is 8.62. The third-order valence-electron chi connectivity index (χ3n) is 4.61. The van der Waals surface area contributed by atoms with Crippen molar-refractivity contribution in [1.29, 1.82) is 0 Å². The lowest BCUT2D eigenvalue weighted by Gasteiger charge is -2.16. The number of amides is 1. The zero-order valence-electron chi connectivity index (χ0n) is 14.2. The summed E-state index contributed by atoms with van der Waals surface area (Å²) in [7, 11) is 0. The van der Waals surface area contributed by atoms with Crippen molar-refractivity contribution in [2.45, 2.75) is 32.6 Å². The van der Waals surface area contributed by atoms with Crippen LogP contribution in [-0.2, 0) is 12.8 Å². The minimum Gasteiger partial charge on any atom is -0.322 e. The molecular formula is C20H20N4O. The van der Waals surface area contributed by atoms with Crippen LogP contribution in [0.25, 0.3) is 11.4 Å². The molecule has 0 fully saturated rings. The van der Waals surface area contributed by atoms with Gasteiger partial charge in [-0.1, -0.05) is 6.07 Å². The van der Waals surface area contributed by atoms with Crippen molar-refractivity contribution in [3.63, 3.8) is 0 Å². The first-order chi connectivity index (χ1) is 12.2. The molecule has 0 atom stereocenters. The van der Waals surface area contributed by atoms with Crippen LogP contribution in [-0.4, -0.2) is 21.1 Å². The van der Waals surface area contributed by atoms with E-state index in [-0.39, 0.29) is 5.91 Å². The van der Waals surface area contributed by atoms with Gasteiger partial charge in [-0.3, -0.25) is 9.89 Å². The molecule has 126 valence electrons. The largest absolute Gasteiger partial charge is 0.322 e. The zero-order chi connectivity index (χ0) is 17.2. The van der Waals surface area contributed by atoms with E-state index in [1.54, 1.807) is 0 Å². The Balaban J connectivity index is 1.49. The fraction of sp³-hybridized carbons (Fsp3) is 0.250. The predicted octanol–water partition coefficient (Wildman–Crippen LogP) is 3.91. The zero-order valence-corrected chi connectivity index (χ0v) is 14.2. The molecule has 1 aromatic heterocycles. The molecule has 2 N–H and O–H groups in total. The van der Waals surface area contributed by atoms with E-state index in [1.807, 2.05) is 43.3 Å². The third-order valence-corrected chi connectivity index (χ3v) is 4.61. The lowest BCUT2D eigenvalue weighted by atomic mass is 9.90. The number of hydrogen-bond acceptors (Lipinski definition) is 3. The molecule has 0 saturated heterocycles. The summed E-state index contributed by atoms with van der Waals surface area (Å²) in [5, 5.41) is 9.93. The number of aryl methyl sites for hydroxylation is 3. The first-order valence-electron chi connectivity index (χ1n) is 8.62. The topological polar surface area (TPSA) is 70.7 Å². The Bertz CT molecular complexity index is 912. The average molecular weight is 332 g/mol. The van der Waals surface area contributed by atoms with Crippen LogP contribution in [0, 0.1) is 6.92 Å². The van der Waals surface area contributed by atoms with E-state index in [0.717, 1.165) is 29.9 Å². The molecule has 2 aromatic carbocycles. The Morgan fingerprint density at radius 3 is 2.52 bits per heavy atom. The van der Waals surface area contributed by atoms with Crippen LogP contribution in [0.1, 0.15) is 40.2 Å². The maximum absolute atomic E-state index is 12.5. The van der Waals surface area contributed by atoms with Crippen LogP contribution in [0.3, 0.4) is 0 Å². The molecule has 25 heavy (non-hydrogen) atoms. The summed E-state index contributed by atoms with van der Waals surface area (Å²) >= 11 is 0. The molecular weight excluding hydrogens is 312 g/mol. The second-order valence-electron chi connectivity index (χ2n) is 6.47. The molecule has 3 aromatic rings. The maximum atomic E-state index is 12.5. The number of rotatable bonds is 3. The number of fused-ring (bicyclic) bond motifs is 1. The van der Waals surface area contributed by atoms with Crippen molar-refractivity contribution in [2.24, 2.45) is 0 Å². The Morgan fingerprint density at radius 1 is 1.04 bits per heavy atom. The number of nitrogens with one attached hydrogen (secondary N) is 2. The van der Waals surface area contributed by atoms with E-state index < -0.39 is 0 Å². The number of carbonyl (C=O) groups is 1. The number of H-pyrrole nitrogens is 1. The van der Waals surface area contributed by atoms with Gasteiger partial charge in [-0.15, -0.1) is 0 Å². The highest BCUT2D eigenvalue weighted by Gasteiger charge is 2.13. The van der Waals surface area contributed by atoms with Gasteiger partial charge in [0.1, 0.15) is 5.82 Å². The SMILES string of the molecule is Cc1nc(-c2ccc(NC(=O)c3ccc4c(c3)CCCC4)cc2)n[nH]1. The van der Waals surface area contributed by atoms with Crippen LogP contribution in [0.5, 0.6) is 0 Å². The molecule has 1 aliphatic carbocycles. The number of nitrogens with zero attached hydrogens (tertiary/aromatic N) is 2. The molecule has 1 heterocycles. The molecule has 0 spiro atoms. The van der Waals surface area contributed by atoms with Crippen molar-refractivity contribution in [1.82, 2.24) is 15.2 Å². The minimum absolute atomic E-state index is 0.0742. The maximum Gasteiger partial charge on any atom is 0.255 e. The van der Waals surface area contributed by atoms with Crippen LogP contribution in [0.15, 0.2) is 42.5 Å². The van der Waals surface area contributed by atoms with Gasteiger partial charge in [0.05, 0.1) is 0 Å². The molecule has 0 unspecified atom stereocenters. The van der Waals surface area contributed by atoms with Gasteiger partial charge in [0.15, 0.2) is 5.82 Å². The summed E-state index contributed by atoms with van der Waals surface area (Å²) in [5.74, 6) is 1.36. The van der Waals surface area contributed by atoms with E-state index in [2.05, 4.69) is 26.6 Å². The number of benzene rings is 2. The Hall–Kier alpha value is -2.95. The van der Waals surface area contributed by atoms with Crippen molar-refractivity contribution in [2.75, 3.05) is 5.32 Å². The molecule has 0 saturated carbocycles. The Morgan fingerprint density at radius 2 is 1.80 bits per heavy atom. The summed E-state index contributed by atoms with van der Waals surface area (Å²) < 4.78 is 0. The van der Waals surface area contributed by atoms with Gasteiger partial charge >= 0.3 is 0 Å². The molecule has 4 rings (SSSR count). The van der Waals surface area contributed by atoms with Crippen molar-refractivity contribution in [3.8, 4) is 11.4 Å². The van der Waals surface area contributed by atoms with Gasteiger partial charge in [-0.05, 0) is 80.1 Å². The normalized spacial score (nSPS) is 13.3. The second kappa shape index (κ2) is 6.51. The average Bonchev–Trinajstić information content (AvgIpc) is 3.08. The van der Waals surface area contributed by atoms with E-state index in [9.17, 15) is 4.79 Å². The molecule has 0 radical (unpaired) electrons. The minimum atomic E-state index is -0.0742. The van der Waals surface area contributed by atoms with Gasteiger partial charge in [0.25, 0.3) is 5.91 Å². The Labute approximate surface area is 146 Å². The van der Waals surface area contributed by atoms with E-state index in [1.165, 1.54) is 24.0 Å². The van der Waals surface area contributed by atoms with Crippen LogP contribution < -0.4 is 5.32 Å². The standard InChI is InChI=1S/C20H20N4O/c1-13-21-19(24-23-13)15-8-10-18(11-9-15)22-20(25)17-7-6-14-4-2-3-5-16(14)12-17/h6-12H,2-5H2,1H3,(H,22,25)(H,21,23,24). The highest BCUT2D eigenvalue weighted by atomic mass is 16.1. The van der Waals surface area contributed by atoms with Crippen molar-refractivity contribution >= 4 is 11.6 Å². The van der Waals surface area contributed by atoms with Gasteiger partial charge in [-0.2, -0.15) is 5.10 Å². The number of carbonyl (C=O) groups excluding carboxylic acids is 1. The van der Waals surface area contributed by atoms with Crippen molar-refractivity contribution < 1.29 is 4.79 Å². The molecule has 1 amide bonds. The fourth-order valence-electron chi connectivity index (χ4n) is 3.25. The molecule has 0 aliphatic heterocycles. The van der Waals surface area contributed by atoms with Crippen LogP contribution in [0.4, 0.5) is 5.69 Å². The summed E-state index contributed by atoms with van der Waals surface area (Å²) in [6.45, 7) is 1.86. The Kier molecular flexibility index (Phi) is 4.06. The molecule has 0 bridgehead atoms.